The van der Waals surface area contributed by atoms with E-state index in [9.17, 15) is 14.7 Å². The number of imide groups is 1. The Morgan fingerprint density at radius 3 is 2.62 bits per heavy atom. The second kappa shape index (κ2) is 6.69. The van der Waals surface area contributed by atoms with Crippen LogP contribution in [0.3, 0.4) is 0 Å². The average Bonchev–Trinajstić information content (AvgIpc) is 2.83. The minimum Gasteiger partial charge on any atom is -0.444 e. The Bertz CT molecular complexity index is 496. The molecule has 6 nitrogen and oxygen atoms in total. The van der Waals surface area contributed by atoms with Crippen LogP contribution in [-0.4, -0.2) is 59.7 Å². The van der Waals surface area contributed by atoms with Gasteiger partial charge in [-0.05, 0) is 19.0 Å². The van der Waals surface area contributed by atoms with Crippen LogP contribution >= 0.6 is 0 Å². The molecule has 0 radical (unpaired) electrons. The summed E-state index contributed by atoms with van der Waals surface area (Å²) in [5, 5.41) is 9.83. The van der Waals surface area contributed by atoms with Crippen molar-refractivity contribution in [3.63, 3.8) is 0 Å². The third-order valence-electron chi connectivity index (χ3n) is 3.68. The van der Waals surface area contributed by atoms with E-state index in [2.05, 4.69) is 0 Å². The van der Waals surface area contributed by atoms with Crippen molar-refractivity contribution in [3.05, 3.63) is 35.9 Å². The van der Waals surface area contributed by atoms with Gasteiger partial charge in [0.25, 0.3) is 5.91 Å². The molecule has 114 valence electrons. The first-order chi connectivity index (χ1) is 10.0. The lowest BCUT2D eigenvalue weighted by Gasteiger charge is -2.25. The lowest BCUT2D eigenvalue weighted by molar-refractivity contribution is -0.135. The van der Waals surface area contributed by atoms with Crippen LogP contribution in [0.2, 0.25) is 0 Å². The number of amides is 2. The van der Waals surface area contributed by atoms with Crippen molar-refractivity contribution in [2.45, 2.75) is 25.2 Å². The van der Waals surface area contributed by atoms with Crippen LogP contribution in [-0.2, 0) is 16.1 Å². The van der Waals surface area contributed by atoms with E-state index in [1.54, 1.807) is 11.9 Å². The Morgan fingerprint density at radius 2 is 2.05 bits per heavy atom. The van der Waals surface area contributed by atoms with Crippen LogP contribution in [0.5, 0.6) is 0 Å². The maximum absolute atomic E-state index is 12.2. The quantitative estimate of drug-likeness (QED) is 0.894. The minimum atomic E-state index is -0.744. The number of likely N-dealkylation sites (tertiary alicyclic amines) is 1. The van der Waals surface area contributed by atoms with Crippen LogP contribution in [0.15, 0.2) is 30.3 Å². The van der Waals surface area contributed by atoms with E-state index in [1.165, 1.54) is 7.05 Å². The normalized spacial score (nSPS) is 22.0. The van der Waals surface area contributed by atoms with Crippen molar-refractivity contribution in [3.8, 4) is 0 Å². The largest absolute Gasteiger partial charge is 0.444 e. The molecule has 1 saturated heterocycles. The molecule has 1 aromatic carbocycles. The van der Waals surface area contributed by atoms with Crippen LogP contribution in [0.4, 0.5) is 4.79 Å². The number of carbonyl (C=O) groups excluding carboxylic acids is 2. The maximum Gasteiger partial charge on any atom is 0.416 e. The van der Waals surface area contributed by atoms with Gasteiger partial charge in [0.05, 0.1) is 6.10 Å². The van der Waals surface area contributed by atoms with Gasteiger partial charge >= 0.3 is 6.09 Å². The molecular weight excluding hydrogens is 272 g/mol. The zero-order valence-corrected chi connectivity index (χ0v) is 12.2. The van der Waals surface area contributed by atoms with Crippen LogP contribution in [0, 0.1) is 0 Å². The molecule has 1 aliphatic heterocycles. The molecular formula is C15H20N2O4. The Hall–Kier alpha value is -1.92. The van der Waals surface area contributed by atoms with E-state index >= 15 is 0 Å². The van der Waals surface area contributed by atoms with Gasteiger partial charge in [-0.25, -0.2) is 9.69 Å². The molecule has 0 spiro atoms. The third-order valence-corrected chi connectivity index (χ3v) is 3.68. The summed E-state index contributed by atoms with van der Waals surface area (Å²) in [6.45, 7) is 0.741. The Balaban J connectivity index is 1.91. The summed E-state index contributed by atoms with van der Waals surface area (Å²) in [5.41, 5.74) is 0.852. The van der Waals surface area contributed by atoms with Crippen molar-refractivity contribution < 1.29 is 19.4 Å². The van der Waals surface area contributed by atoms with E-state index in [0.29, 0.717) is 13.0 Å². The molecule has 1 fully saturated rings. The number of rotatable bonds is 3. The predicted molar refractivity (Wildman–Crippen MR) is 76.4 cm³/mol. The van der Waals surface area contributed by atoms with Crippen molar-refractivity contribution in [1.29, 1.82) is 0 Å². The number of aliphatic hydroxyl groups excluding tert-OH is 1. The first-order valence-corrected chi connectivity index (χ1v) is 6.87. The molecule has 2 rings (SSSR count). The molecule has 21 heavy (non-hydrogen) atoms. The van der Waals surface area contributed by atoms with Gasteiger partial charge in [-0.15, -0.1) is 0 Å². The van der Waals surface area contributed by atoms with Gasteiger partial charge < -0.3 is 9.84 Å². The number of nitrogens with zero attached hydrogens (tertiary/aromatic N) is 2. The second-order valence-electron chi connectivity index (χ2n) is 5.22. The monoisotopic (exact) mass is 292 g/mol. The van der Waals surface area contributed by atoms with Gasteiger partial charge in [0.1, 0.15) is 12.6 Å². The smallest absolute Gasteiger partial charge is 0.416 e. The highest BCUT2D eigenvalue weighted by Crippen LogP contribution is 2.18. The summed E-state index contributed by atoms with van der Waals surface area (Å²) in [5.74, 6) is -0.444. The molecule has 1 aliphatic rings. The summed E-state index contributed by atoms with van der Waals surface area (Å²) in [7, 11) is 3.12. The Labute approximate surface area is 123 Å². The highest BCUT2D eigenvalue weighted by Gasteiger charge is 2.39. The minimum absolute atomic E-state index is 0.111. The Kier molecular flexibility index (Phi) is 4.93. The summed E-state index contributed by atoms with van der Waals surface area (Å²) in [6.07, 6.45) is -0.928. The molecule has 0 saturated carbocycles. The lowest BCUT2D eigenvalue weighted by Crippen LogP contribution is -2.49. The summed E-state index contributed by atoms with van der Waals surface area (Å²) in [6, 6.07) is 8.56. The van der Waals surface area contributed by atoms with Crippen LogP contribution in [0.25, 0.3) is 0 Å². The standard InChI is InChI=1S/C15H20N2O4/c1-16-9-8-12(18)13(16)14(19)17(2)15(20)21-10-11-6-4-3-5-7-11/h3-7,12-13,18H,8-10H2,1-2H3. The Morgan fingerprint density at radius 1 is 1.38 bits per heavy atom. The zero-order chi connectivity index (χ0) is 15.4. The molecule has 2 atom stereocenters. The number of carbonyl (C=O) groups is 2. The molecule has 1 heterocycles. The van der Waals surface area contributed by atoms with Crippen LogP contribution < -0.4 is 0 Å². The predicted octanol–water partition coefficient (Wildman–Crippen LogP) is 0.847. The SMILES string of the molecule is CN(C(=O)OCc1ccccc1)C(=O)C1C(O)CCN1C. The molecule has 0 aromatic heterocycles. The van der Waals surface area contributed by atoms with E-state index in [4.69, 9.17) is 4.74 Å². The molecule has 2 amide bonds. The van der Waals surface area contributed by atoms with Crippen molar-refractivity contribution in [2.75, 3.05) is 20.6 Å². The molecule has 6 heteroatoms. The van der Waals surface area contributed by atoms with E-state index in [0.717, 1.165) is 10.5 Å². The summed E-state index contributed by atoms with van der Waals surface area (Å²) in [4.78, 5) is 26.8. The van der Waals surface area contributed by atoms with Crippen molar-refractivity contribution >= 4 is 12.0 Å². The summed E-state index contributed by atoms with van der Waals surface area (Å²) < 4.78 is 5.11. The zero-order valence-electron chi connectivity index (χ0n) is 12.2. The molecule has 0 bridgehead atoms. The highest BCUT2D eigenvalue weighted by molar-refractivity contribution is 5.95. The topological polar surface area (TPSA) is 70.1 Å². The first kappa shape index (κ1) is 15.5. The second-order valence-corrected chi connectivity index (χ2v) is 5.22. The number of hydrogen-bond acceptors (Lipinski definition) is 5. The van der Waals surface area contributed by atoms with E-state index < -0.39 is 24.1 Å². The van der Waals surface area contributed by atoms with Gasteiger partial charge in [-0.1, -0.05) is 30.3 Å². The van der Waals surface area contributed by atoms with Crippen molar-refractivity contribution in [1.82, 2.24) is 9.80 Å². The number of hydrogen-bond donors (Lipinski definition) is 1. The van der Waals surface area contributed by atoms with Gasteiger partial charge in [0.2, 0.25) is 0 Å². The fourth-order valence-corrected chi connectivity index (χ4v) is 2.38. The van der Waals surface area contributed by atoms with Gasteiger partial charge in [-0.2, -0.15) is 0 Å². The summed E-state index contributed by atoms with van der Waals surface area (Å²) >= 11 is 0. The number of ether oxygens (including phenoxy) is 1. The van der Waals surface area contributed by atoms with E-state index in [-0.39, 0.29) is 6.61 Å². The van der Waals surface area contributed by atoms with Gasteiger partial charge in [-0.3, -0.25) is 9.69 Å². The molecule has 1 aromatic rings. The molecule has 1 N–H and O–H groups in total. The van der Waals surface area contributed by atoms with E-state index in [1.807, 2.05) is 30.3 Å². The molecule has 0 aliphatic carbocycles. The lowest BCUT2D eigenvalue weighted by atomic mass is 10.1. The van der Waals surface area contributed by atoms with Gasteiger partial charge in [0.15, 0.2) is 0 Å². The van der Waals surface area contributed by atoms with Crippen molar-refractivity contribution in [2.24, 2.45) is 0 Å². The third kappa shape index (κ3) is 3.59. The number of likely N-dealkylation sites (N-methyl/N-ethyl adjacent to an activating group) is 2. The number of aliphatic hydroxyl groups is 1. The first-order valence-electron chi connectivity index (χ1n) is 6.87. The fraction of sp³-hybridized carbons (Fsp3) is 0.467. The fourth-order valence-electron chi connectivity index (χ4n) is 2.38. The number of benzene rings is 1. The van der Waals surface area contributed by atoms with Crippen LogP contribution in [0.1, 0.15) is 12.0 Å². The highest BCUT2D eigenvalue weighted by atomic mass is 16.6. The average molecular weight is 292 g/mol. The maximum atomic E-state index is 12.2. The van der Waals surface area contributed by atoms with Gasteiger partial charge in [0, 0.05) is 13.6 Å². The molecule has 2 unspecified atom stereocenters.